The van der Waals surface area contributed by atoms with E-state index >= 15 is 0 Å². The van der Waals surface area contributed by atoms with Gasteiger partial charge in [-0.2, -0.15) is 0 Å². The van der Waals surface area contributed by atoms with Gasteiger partial charge in [-0.3, -0.25) is 4.79 Å². The highest BCUT2D eigenvalue weighted by atomic mass is 32.2. The summed E-state index contributed by atoms with van der Waals surface area (Å²) < 4.78 is 37.3. The molecule has 2 aromatic rings. The second kappa shape index (κ2) is 9.11. The largest absolute Gasteiger partial charge is 0.493 e. The first-order valence-electron chi connectivity index (χ1n) is 8.11. The van der Waals surface area contributed by atoms with E-state index in [2.05, 4.69) is 20.2 Å². The van der Waals surface area contributed by atoms with E-state index in [-0.39, 0.29) is 27.8 Å². The van der Waals surface area contributed by atoms with Crippen molar-refractivity contribution in [3.8, 4) is 11.5 Å². The van der Waals surface area contributed by atoms with Crippen molar-refractivity contribution >= 4 is 32.4 Å². The minimum atomic E-state index is -3.81. The molecule has 27 heavy (non-hydrogen) atoms. The van der Waals surface area contributed by atoms with E-state index in [1.165, 1.54) is 7.11 Å². The van der Waals surface area contributed by atoms with Crippen LogP contribution >= 0.6 is 11.3 Å². The van der Waals surface area contributed by atoms with Crippen LogP contribution in [0.5, 0.6) is 11.5 Å². The molecule has 148 valence electrons. The number of methoxy groups -OCH3 is 2. The summed E-state index contributed by atoms with van der Waals surface area (Å²) in [7, 11) is -0.722. The lowest BCUT2D eigenvalue weighted by Gasteiger charge is -2.09. The topological polar surface area (TPSA) is 120 Å². The zero-order chi connectivity index (χ0) is 20.0. The summed E-state index contributed by atoms with van der Waals surface area (Å²) in [5.74, 6) is 0.685. The van der Waals surface area contributed by atoms with Crippen LogP contribution in [-0.4, -0.2) is 45.3 Å². The molecule has 1 heterocycles. The Bertz CT molecular complexity index is 896. The van der Waals surface area contributed by atoms with Crippen molar-refractivity contribution in [1.82, 2.24) is 14.9 Å². The molecule has 0 saturated heterocycles. The van der Waals surface area contributed by atoms with Crippen LogP contribution in [0.2, 0.25) is 0 Å². The molecule has 2 N–H and O–H groups in total. The molecule has 9 nitrogen and oxygen atoms in total. The average molecular weight is 415 g/mol. The third-order valence-corrected chi connectivity index (χ3v) is 6.21. The Morgan fingerprint density at radius 3 is 2.52 bits per heavy atom. The second-order valence-electron chi connectivity index (χ2n) is 5.85. The van der Waals surface area contributed by atoms with Gasteiger partial charge in [-0.15, -0.1) is 10.2 Å². The fraction of sp³-hybridized carbons (Fsp3) is 0.438. The molecule has 0 bridgehead atoms. The molecule has 2 rings (SSSR count). The lowest BCUT2D eigenvalue weighted by Crippen LogP contribution is -2.26. The van der Waals surface area contributed by atoms with Gasteiger partial charge >= 0.3 is 0 Å². The minimum absolute atomic E-state index is 0.147. The van der Waals surface area contributed by atoms with Crippen molar-refractivity contribution in [2.24, 2.45) is 5.92 Å². The smallest absolute Gasteiger partial charge is 0.269 e. The van der Waals surface area contributed by atoms with Crippen molar-refractivity contribution in [1.29, 1.82) is 0 Å². The average Bonchev–Trinajstić information content (AvgIpc) is 3.10. The monoisotopic (exact) mass is 414 g/mol. The molecule has 0 saturated carbocycles. The summed E-state index contributed by atoms with van der Waals surface area (Å²) in [6.45, 7) is 3.62. The van der Waals surface area contributed by atoms with Gasteiger partial charge < -0.3 is 14.8 Å². The molecule has 0 aliphatic carbocycles. The fourth-order valence-electron chi connectivity index (χ4n) is 2.05. The maximum absolute atomic E-state index is 12.3. The SMILES string of the molecule is COc1ccc(CCNS(=O)(=O)c2nnc(NC(=O)C(C)C)s2)cc1OC. The first-order valence-corrected chi connectivity index (χ1v) is 10.4. The molecule has 1 aromatic carbocycles. The van der Waals surface area contributed by atoms with Crippen LogP contribution in [0.3, 0.4) is 0 Å². The molecular formula is C16H22N4O5S2. The first kappa shape index (κ1) is 21.1. The molecule has 0 spiro atoms. The van der Waals surface area contributed by atoms with Crippen molar-refractivity contribution in [2.75, 3.05) is 26.1 Å². The Morgan fingerprint density at radius 1 is 1.19 bits per heavy atom. The van der Waals surface area contributed by atoms with Gasteiger partial charge in [0.15, 0.2) is 11.5 Å². The Balaban J connectivity index is 1.97. The second-order valence-corrected chi connectivity index (χ2v) is 8.77. The number of carbonyl (C=O) groups is 1. The molecule has 0 aliphatic heterocycles. The van der Waals surface area contributed by atoms with E-state index in [0.29, 0.717) is 17.9 Å². The molecule has 0 aliphatic rings. The number of sulfonamides is 1. The van der Waals surface area contributed by atoms with Crippen LogP contribution < -0.4 is 19.5 Å². The molecule has 0 atom stereocenters. The van der Waals surface area contributed by atoms with E-state index in [1.807, 2.05) is 6.07 Å². The van der Waals surface area contributed by atoms with Crippen molar-refractivity contribution in [3.63, 3.8) is 0 Å². The van der Waals surface area contributed by atoms with E-state index in [4.69, 9.17) is 9.47 Å². The van der Waals surface area contributed by atoms with Crippen molar-refractivity contribution < 1.29 is 22.7 Å². The van der Waals surface area contributed by atoms with Gasteiger partial charge in [0.1, 0.15) is 0 Å². The number of nitrogens with one attached hydrogen (secondary N) is 2. The van der Waals surface area contributed by atoms with Gasteiger partial charge in [-0.05, 0) is 24.1 Å². The molecule has 0 unspecified atom stereocenters. The van der Waals surface area contributed by atoms with Gasteiger partial charge in [0.2, 0.25) is 15.4 Å². The van der Waals surface area contributed by atoms with Crippen LogP contribution in [0.25, 0.3) is 0 Å². The first-order chi connectivity index (χ1) is 12.8. The van der Waals surface area contributed by atoms with Crippen LogP contribution in [0, 0.1) is 5.92 Å². The standard InChI is InChI=1S/C16H22N4O5S2/c1-10(2)14(21)18-15-19-20-16(26-15)27(22,23)17-8-7-11-5-6-12(24-3)13(9-11)25-4/h5-6,9-10,17H,7-8H2,1-4H3,(H,18,19,21). The predicted octanol–water partition coefficient (Wildman–Crippen LogP) is 1.67. The zero-order valence-electron chi connectivity index (χ0n) is 15.5. The summed E-state index contributed by atoms with van der Waals surface area (Å²) in [5, 5.41) is 10.0. The highest BCUT2D eigenvalue weighted by Crippen LogP contribution is 2.27. The van der Waals surface area contributed by atoms with Crippen molar-refractivity contribution in [2.45, 2.75) is 24.6 Å². The predicted molar refractivity (Wildman–Crippen MR) is 102 cm³/mol. The van der Waals surface area contributed by atoms with Gasteiger partial charge in [-0.1, -0.05) is 31.3 Å². The summed E-state index contributed by atoms with van der Waals surface area (Å²) in [4.78, 5) is 11.6. The Morgan fingerprint density at radius 2 is 1.89 bits per heavy atom. The Kier molecular flexibility index (Phi) is 7.11. The third-order valence-electron chi connectivity index (χ3n) is 3.54. The highest BCUT2D eigenvalue weighted by molar-refractivity contribution is 7.91. The lowest BCUT2D eigenvalue weighted by molar-refractivity contribution is -0.118. The number of benzene rings is 1. The number of anilines is 1. The number of rotatable bonds is 9. The van der Waals surface area contributed by atoms with E-state index in [9.17, 15) is 13.2 Å². The number of hydrogen-bond donors (Lipinski definition) is 2. The molecule has 0 radical (unpaired) electrons. The lowest BCUT2D eigenvalue weighted by atomic mass is 10.1. The molecule has 1 amide bonds. The number of aromatic nitrogens is 2. The van der Waals surface area contributed by atoms with Crippen LogP contribution in [-0.2, 0) is 21.2 Å². The number of ether oxygens (including phenoxy) is 2. The van der Waals surface area contributed by atoms with E-state index in [0.717, 1.165) is 16.9 Å². The number of nitrogens with zero attached hydrogens (tertiary/aromatic N) is 2. The number of hydrogen-bond acceptors (Lipinski definition) is 8. The summed E-state index contributed by atoms with van der Waals surface area (Å²) in [5.41, 5.74) is 0.887. The van der Waals surface area contributed by atoms with Gasteiger partial charge in [0.05, 0.1) is 14.2 Å². The van der Waals surface area contributed by atoms with Crippen LogP contribution in [0.1, 0.15) is 19.4 Å². The Labute approximate surface area is 162 Å². The maximum atomic E-state index is 12.3. The maximum Gasteiger partial charge on any atom is 0.269 e. The van der Waals surface area contributed by atoms with Crippen molar-refractivity contribution in [3.05, 3.63) is 23.8 Å². The van der Waals surface area contributed by atoms with Crippen LogP contribution in [0.15, 0.2) is 22.5 Å². The minimum Gasteiger partial charge on any atom is -0.493 e. The summed E-state index contributed by atoms with van der Waals surface area (Å²) in [6, 6.07) is 5.38. The molecule has 0 fully saturated rings. The number of amides is 1. The Hall–Kier alpha value is -2.24. The zero-order valence-corrected chi connectivity index (χ0v) is 17.1. The molecule has 1 aromatic heterocycles. The summed E-state index contributed by atoms with van der Waals surface area (Å²) >= 11 is 0.802. The number of carbonyl (C=O) groups excluding carboxylic acids is 1. The quantitative estimate of drug-likeness (QED) is 0.599. The highest BCUT2D eigenvalue weighted by Gasteiger charge is 2.21. The van der Waals surface area contributed by atoms with E-state index in [1.54, 1.807) is 33.1 Å². The van der Waals surface area contributed by atoms with E-state index < -0.39 is 10.0 Å². The normalized spacial score (nSPS) is 11.4. The van der Waals surface area contributed by atoms with Gasteiger partial charge in [0.25, 0.3) is 10.0 Å². The van der Waals surface area contributed by atoms with Gasteiger partial charge in [0, 0.05) is 12.5 Å². The molecule has 11 heteroatoms. The molecular weight excluding hydrogens is 392 g/mol. The third kappa shape index (κ3) is 5.62. The summed E-state index contributed by atoms with van der Waals surface area (Å²) in [6.07, 6.45) is 0.454. The fourth-order valence-corrected chi connectivity index (χ4v) is 4.02. The van der Waals surface area contributed by atoms with Gasteiger partial charge in [-0.25, -0.2) is 13.1 Å². The van der Waals surface area contributed by atoms with Crippen LogP contribution in [0.4, 0.5) is 5.13 Å².